The molecule has 3 unspecified atom stereocenters. The third-order valence-electron chi connectivity index (χ3n) is 9.28. The molecule has 0 amide bonds. The van der Waals surface area contributed by atoms with E-state index in [1.54, 1.807) is 18.3 Å². The summed E-state index contributed by atoms with van der Waals surface area (Å²) < 4.78 is 33.2. The highest BCUT2D eigenvalue weighted by Crippen LogP contribution is 2.44. The van der Waals surface area contributed by atoms with Gasteiger partial charge in [0, 0.05) is 12.4 Å². The summed E-state index contributed by atoms with van der Waals surface area (Å²) in [6.07, 6.45) is 0.765. The molecule has 1 aliphatic heterocycles. The Kier molecular flexibility index (Phi) is 10.4. The van der Waals surface area contributed by atoms with Crippen molar-refractivity contribution in [2.75, 3.05) is 6.61 Å². The molecule has 2 heterocycles. The van der Waals surface area contributed by atoms with Crippen molar-refractivity contribution >= 4 is 30.9 Å². The summed E-state index contributed by atoms with van der Waals surface area (Å²) in [5.74, 6) is -0.492. The van der Waals surface area contributed by atoms with Gasteiger partial charge in [0.15, 0.2) is 25.0 Å². The van der Waals surface area contributed by atoms with Crippen LogP contribution in [0, 0.1) is 0 Å². The predicted molar refractivity (Wildman–Crippen MR) is 166 cm³/mol. The standard InChI is InChI=1S/C29H55NO6Si3/c1-27(2,3)37(10,11)32-20-22-23(35-38(12,13)28(4,5)6)24(36-39(14,15)29(7,8)9)26(33-22)34-25(31)21-17-16-18-30-19-21/h16-19,22-24,26H,20H2,1-15H3/t22-,23?,24?,26?/m1/s1. The molecule has 4 atom stereocenters. The van der Waals surface area contributed by atoms with Crippen molar-refractivity contribution < 1.29 is 27.5 Å². The van der Waals surface area contributed by atoms with Crippen molar-refractivity contribution in [1.82, 2.24) is 4.98 Å². The minimum Gasteiger partial charge on any atom is -0.429 e. The molecule has 1 fully saturated rings. The molecule has 0 radical (unpaired) electrons. The van der Waals surface area contributed by atoms with Gasteiger partial charge in [0.25, 0.3) is 0 Å². The van der Waals surface area contributed by atoms with E-state index in [1.165, 1.54) is 6.20 Å². The molecule has 39 heavy (non-hydrogen) atoms. The van der Waals surface area contributed by atoms with Crippen LogP contribution in [-0.4, -0.2) is 67.1 Å². The van der Waals surface area contributed by atoms with E-state index in [4.69, 9.17) is 22.8 Å². The topological polar surface area (TPSA) is 76.1 Å². The highest BCUT2D eigenvalue weighted by molar-refractivity contribution is 6.75. The highest BCUT2D eigenvalue weighted by Gasteiger charge is 2.55. The number of nitrogens with zero attached hydrogens (tertiary/aromatic N) is 1. The first-order chi connectivity index (χ1) is 17.4. The maximum absolute atomic E-state index is 13.2. The van der Waals surface area contributed by atoms with Gasteiger partial charge < -0.3 is 22.8 Å². The van der Waals surface area contributed by atoms with Gasteiger partial charge in [-0.1, -0.05) is 62.3 Å². The van der Waals surface area contributed by atoms with Crippen LogP contribution >= 0.6 is 0 Å². The number of pyridine rings is 1. The summed E-state index contributed by atoms with van der Waals surface area (Å²) in [7, 11) is -6.64. The smallest absolute Gasteiger partial charge is 0.342 e. The van der Waals surface area contributed by atoms with Crippen LogP contribution in [0.4, 0.5) is 0 Å². The van der Waals surface area contributed by atoms with E-state index >= 15 is 0 Å². The molecule has 1 saturated heterocycles. The minimum atomic E-state index is -2.30. The summed E-state index contributed by atoms with van der Waals surface area (Å²) in [4.78, 5) is 17.2. The first-order valence-electron chi connectivity index (χ1n) is 14.2. The molecule has 1 aromatic heterocycles. The molecule has 0 saturated carbocycles. The van der Waals surface area contributed by atoms with Crippen LogP contribution < -0.4 is 0 Å². The Labute approximate surface area is 241 Å². The second kappa shape index (κ2) is 11.8. The van der Waals surface area contributed by atoms with E-state index in [1.807, 2.05) is 0 Å². The SMILES string of the molecule is CC(C)(C)[Si](C)(C)OC[C@H]1OC(OC(=O)c2cccnc2)C(O[Si](C)(C)C(C)(C)C)C1O[Si](C)(C)C(C)(C)C. The van der Waals surface area contributed by atoms with Crippen LogP contribution in [0.2, 0.25) is 54.4 Å². The number of esters is 1. The summed E-state index contributed by atoms with van der Waals surface area (Å²) in [5, 5.41) is -0.0312. The Morgan fingerprint density at radius 1 is 0.821 bits per heavy atom. The molecular formula is C29H55NO6Si3. The zero-order chi connectivity index (χ0) is 30.2. The Morgan fingerprint density at radius 3 is 1.74 bits per heavy atom. The number of rotatable bonds is 9. The van der Waals surface area contributed by atoms with Gasteiger partial charge in [-0.3, -0.25) is 4.98 Å². The van der Waals surface area contributed by atoms with E-state index in [9.17, 15) is 4.79 Å². The predicted octanol–water partition coefficient (Wildman–Crippen LogP) is 7.77. The molecule has 224 valence electrons. The average Bonchev–Trinajstić information content (AvgIpc) is 3.05. The third-order valence-corrected chi connectivity index (χ3v) is 22.7. The Balaban J connectivity index is 2.52. The summed E-state index contributed by atoms with van der Waals surface area (Å²) in [5.41, 5.74) is 0.370. The van der Waals surface area contributed by atoms with Crippen LogP contribution in [0.5, 0.6) is 0 Å². The van der Waals surface area contributed by atoms with Crippen LogP contribution in [0.3, 0.4) is 0 Å². The lowest BCUT2D eigenvalue weighted by atomic mass is 10.1. The minimum absolute atomic E-state index is 0.0240. The molecule has 0 aromatic carbocycles. The monoisotopic (exact) mass is 597 g/mol. The van der Waals surface area contributed by atoms with Crippen LogP contribution in [-0.2, 0) is 22.8 Å². The van der Waals surface area contributed by atoms with E-state index in [-0.39, 0.29) is 15.1 Å². The van der Waals surface area contributed by atoms with Gasteiger partial charge in [0.1, 0.15) is 18.3 Å². The Hall–Kier alpha value is -0.889. The maximum atomic E-state index is 13.2. The molecule has 0 bridgehead atoms. The van der Waals surface area contributed by atoms with Crippen molar-refractivity contribution in [3.63, 3.8) is 0 Å². The molecule has 0 N–H and O–H groups in total. The fourth-order valence-corrected chi connectivity index (χ4v) is 7.00. The molecule has 7 nitrogen and oxygen atoms in total. The second-order valence-electron chi connectivity index (χ2n) is 15.4. The first-order valence-corrected chi connectivity index (χ1v) is 22.9. The van der Waals surface area contributed by atoms with Gasteiger partial charge in [0.05, 0.1) is 12.2 Å². The van der Waals surface area contributed by atoms with Gasteiger partial charge in [-0.05, 0) is 66.5 Å². The highest BCUT2D eigenvalue weighted by atomic mass is 28.4. The van der Waals surface area contributed by atoms with Crippen LogP contribution in [0.15, 0.2) is 24.5 Å². The number of carbonyl (C=O) groups is 1. The number of carbonyl (C=O) groups excluding carboxylic acids is 1. The van der Waals surface area contributed by atoms with E-state index in [0.29, 0.717) is 12.2 Å². The van der Waals surface area contributed by atoms with Crippen molar-refractivity contribution in [2.45, 2.75) is 141 Å². The summed E-state index contributed by atoms with van der Waals surface area (Å²) in [6.45, 7) is 33.6. The number of ether oxygens (including phenoxy) is 2. The van der Waals surface area contributed by atoms with Gasteiger partial charge in [0.2, 0.25) is 6.29 Å². The van der Waals surface area contributed by atoms with Gasteiger partial charge in [-0.25, -0.2) is 4.79 Å². The zero-order valence-corrected chi connectivity index (χ0v) is 30.2. The lowest BCUT2D eigenvalue weighted by Crippen LogP contribution is -2.55. The average molecular weight is 598 g/mol. The molecule has 0 spiro atoms. The van der Waals surface area contributed by atoms with Crippen molar-refractivity contribution in [2.24, 2.45) is 0 Å². The lowest BCUT2D eigenvalue weighted by Gasteiger charge is -2.44. The molecular weight excluding hydrogens is 543 g/mol. The first kappa shape index (κ1) is 34.3. The van der Waals surface area contributed by atoms with Gasteiger partial charge >= 0.3 is 5.97 Å². The van der Waals surface area contributed by atoms with E-state index < -0.39 is 55.5 Å². The number of hydrogen-bond acceptors (Lipinski definition) is 7. The second-order valence-corrected chi connectivity index (χ2v) is 29.8. The molecule has 2 rings (SSSR count). The molecule has 1 aliphatic rings. The molecule has 1 aromatic rings. The largest absolute Gasteiger partial charge is 0.429 e. The van der Waals surface area contributed by atoms with Gasteiger partial charge in [-0.2, -0.15) is 0 Å². The van der Waals surface area contributed by atoms with Crippen LogP contribution in [0.25, 0.3) is 0 Å². The summed E-state index contributed by atoms with van der Waals surface area (Å²) in [6, 6.07) is 3.41. The molecule has 0 aliphatic carbocycles. The fraction of sp³-hybridized carbons (Fsp3) is 0.793. The third kappa shape index (κ3) is 8.33. The number of hydrogen-bond donors (Lipinski definition) is 0. The molecule has 10 heteroatoms. The lowest BCUT2D eigenvalue weighted by molar-refractivity contribution is -0.136. The van der Waals surface area contributed by atoms with E-state index in [0.717, 1.165) is 0 Å². The quantitative estimate of drug-likeness (QED) is 0.213. The number of aromatic nitrogens is 1. The zero-order valence-electron chi connectivity index (χ0n) is 27.2. The Morgan fingerprint density at radius 2 is 1.31 bits per heavy atom. The Bertz CT molecular complexity index is 964. The van der Waals surface area contributed by atoms with Crippen molar-refractivity contribution in [1.29, 1.82) is 0 Å². The van der Waals surface area contributed by atoms with Crippen molar-refractivity contribution in [3.8, 4) is 0 Å². The fourth-order valence-electron chi connectivity index (χ4n) is 3.39. The summed E-state index contributed by atoms with van der Waals surface area (Å²) >= 11 is 0. The van der Waals surface area contributed by atoms with Gasteiger partial charge in [-0.15, -0.1) is 0 Å². The normalized spacial score (nSPS) is 23.7. The maximum Gasteiger partial charge on any atom is 0.342 e. The van der Waals surface area contributed by atoms with Crippen molar-refractivity contribution in [3.05, 3.63) is 30.1 Å². The van der Waals surface area contributed by atoms with E-state index in [2.05, 4.69) is 107 Å². The van der Waals surface area contributed by atoms with Crippen LogP contribution in [0.1, 0.15) is 72.7 Å².